The van der Waals surface area contributed by atoms with Crippen molar-refractivity contribution in [2.75, 3.05) is 6.61 Å². The van der Waals surface area contributed by atoms with Crippen LogP contribution in [0.2, 0.25) is 0 Å². The van der Waals surface area contributed by atoms with Gasteiger partial charge < -0.3 is 4.52 Å². The zero-order valence-electron chi connectivity index (χ0n) is 4.46. The topological polar surface area (TPSA) is 61.3 Å². The molecule has 9 heavy (non-hydrogen) atoms. The van der Waals surface area contributed by atoms with E-state index in [1.54, 1.807) is 0 Å². The lowest BCUT2D eigenvalue weighted by atomic mass is 10.8. The van der Waals surface area contributed by atoms with Gasteiger partial charge in [-0.3, -0.25) is 11.0 Å². The normalized spacial score (nSPS) is 12.6. The molecule has 0 bridgehead atoms. The summed E-state index contributed by atoms with van der Waals surface area (Å²) < 4.78 is 26.8. The third-order valence-corrected chi connectivity index (χ3v) is 1.27. The van der Waals surface area contributed by atoms with Crippen LogP contribution in [0.25, 0.3) is 0 Å². The monoisotopic (exact) mass is 176 g/mol. The molecule has 0 unspecified atom stereocenters. The van der Waals surface area contributed by atoms with Crippen LogP contribution in [0.3, 0.4) is 0 Å². The Hall–Kier alpha value is 0.390. The Labute approximate surface area is 56.5 Å². The van der Waals surface area contributed by atoms with E-state index in [2.05, 4.69) is 16.3 Å². The van der Waals surface area contributed by atoms with E-state index in [1.807, 2.05) is 0 Å². The van der Waals surface area contributed by atoms with Crippen LogP contribution in [0.4, 0.5) is 8.78 Å². The Balaban J connectivity index is 3.40. The van der Waals surface area contributed by atoms with Crippen LogP contribution in [0, 0.1) is 0 Å². The van der Waals surface area contributed by atoms with Gasteiger partial charge in [-0.05, 0) is 11.8 Å². The van der Waals surface area contributed by atoms with E-state index in [0.29, 0.717) is 0 Å². The Morgan fingerprint density at radius 2 is 2.00 bits per heavy atom. The van der Waals surface area contributed by atoms with Gasteiger partial charge in [0.25, 0.3) is 6.43 Å². The first-order valence-corrected chi connectivity index (χ1v) is 4.87. The zero-order chi connectivity index (χ0) is 7.49. The molecule has 0 atom stereocenters. The summed E-state index contributed by atoms with van der Waals surface area (Å²) in [5.41, 5.74) is 9.86. The maximum absolute atomic E-state index is 11.3. The third kappa shape index (κ3) is 8.39. The molecule has 0 fully saturated rings. The second-order valence-electron chi connectivity index (χ2n) is 1.33. The highest BCUT2D eigenvalue weighted by Crippen LogP contribution is 2.26. The average Bonchev–Trinajstić information content (AvgIpc) is 1.59. The molecule has 0 saturated heterocycles. The van der Waals surface area contributed by atoms with Gasteiger partial charge in [-0.2, -0.15) is 0 Å². The van der Waals surface area contributed by atoms with Crippen molar-refractivity contribution in [1.29, 1.82) is 0 Å². The molecule has 3 nitrogen and oxygen atoms in total. The highest BCUT2D eigenvalue weighted by molar-refractivity contribution is 8.10. The maximum atomic E-state index is 11.3. The predicted octanol–water partition coefficient (Wildman–Crippen LogP) is 0.410. The summed E-state index contributed by atoms with van der Waals surface area (Å²) >= 11 is 4.31. The molecule has 4 N–H and O–H groups in total. The summed E-state index contributed by atoms with van der Waals surface area (Å²) in [6, 6.07) is 0. The Bertz CT molecular complexity index is 126. The van der Waals surface area contributed by atoms with Crippen molar-refractivity contribution in [2.45, 2.75) is 6.43 Å². The van der Waals surface area contributed by atoms with E-state index in [1.165, 1.54) is 0 Å². The van der Waals surface area contributed by atoms with Gasteiger partial charge in [0.1, 0.15) is 6.61 Å². The minimum atomic E-state index is -2.87. The van der Waals surface area contributed by atoms with Crippen LogP contribution in [0.5, 0.6) is 0 Å². The lowest BCUT2D eigenvalue weighted by molar-refractivity contribution is 0.0875. The molecule has 0 aromatic carbocycles. The lowest BCUT2D eigenvalue weighted by Crippen LogP contribution is -2.12. The number of nitrogens with two attached hydrogens (primary N) is 2. The average molecular weight is 176 g/mol. The zero-order valence-corrected chi connectivity index (χ0v) is 6.17. The van der Waals surface area contributed by atoms with E-state index in [4.69, 9.17) is 11.0 Å². The molecule has 0 aliphatic carbocycles. The molecule has 0 amide bonds. The van der Waals surface area contributed by atoms with Gasteiger partial charge >= 0.3 is 0 Å². The van der Waals surface area contributed by atoms with Gasteiger partial charge in [0.15, 0.2) is 6.57 Å². The van der Waals surface area contributed by atoms with Crippen molar-refractivity contribution in [3.63, 3.8) is 0 Å². The summed E-state index contributed by atoms with van der Waals surface area (Å²) in [4.78, 5) is 0. The SMILES string of the molecule is NP(N)(=S)OCC(F)F. The first-order chi connectivity index (χ1) is 3.92. The molecule has 0 heterocycles. The smallest absolute Gasteiger partial charge is 0.262 e. The third-order valence-electron chi connectivity index (χ3n) is 0.402. The molecule has 0 spiro atoms. The van der Waals surface area contributed by atoms with Crippen LogP contribution >= 0.6 is 6.57 Å². The van der Waals surface area contributed by atoms with Crippen LogP contribution in [0.1, 0.15) is 0 Å². The van der Waals surface area contributed by atoms with E-state index in [0.717, 1.165) is 0 Å². The van der Waals surface area contributed by atoms with E-state index in [-0.39, 0.29) is 0 Å². The summed E-state index contributed by atoms with van der Waals surface area (Å²) in [5.74, 6) is 0. The molecule has 0 rings (SSSR count). The maximum Gasteiger partial charge on any atom is 0.262 e. The van der Waals surface area contributed by atoms with Gasteiger partial charge in [-0.1, -0.05) is 0 Å². The Morgan fingerprint density at radius 3 is 2.11 bits per heavy atom. The van der Waals surface area contributed by atoms with Crippen molar-refractivity contribution in [1.82, 2.24) is 0 Å². The van der Waals surface area contributed by atoms with Crippen molar-refractivity contribution >= 4 is 18.4 Å². The summed E-state index contributed by atoms with van der Waals surface area (Å²) in [7, 11) is 0. The second kappa shape index (κ2) is 3.53. The highest BCUT2D eigenvalue weighted by atomic mass is 32.4. The molecular formula is C2H7F2N2OPS. The molecule has 0 saturated carbocycles. The number of halogens is 2. The lowest BCUT2D eigenvalue weighted by Gasteiger charge is -2.09. The molecule has 0 aliphatic rings. The fourth-order valence-corrected chi connectivity index (χ4v) is 0.701. The van der Waals surface area contributed by atoms with Crippen LogP contribution in [-0.2, 0) is 16.3 Å². The first-order valence-electron chi connectivity index (χ1n) is 2.01. The van der Waals surface area contributed by atoms with Crippen molar-refractivity contribution in [2.24, 2.45) is 11.0 Å². The van der Waals surface area contributed by atoms with Crippen molar-refractivity contribution in [3.05, 3.63) is 0 Å². The summed E-state index contributed by atoms with van der Waals surface area (Å²) in [6.45, 7) is -3.64. The summed E-state index contributed by atoms with van der Waals surface area (Å²) in [6.07, 6.45) is -2.56. The number of alkyl halides is 2. The van der Waals surface area contributed by atoms with E-state index < -0.39 is 19.6 Å². The number of hydrogen-bond donors (Lipinski definition) is 2. The highest BCUT2D eigenvalue weighted by Gasteiger charge is 2.08. The first kappa shape index (κ1) is 9.39. The molecule has 0 radical (unpaired) electrons. The second-order valence-corrected chi connectivity index (χ2v) is 4.59. The van der Waals surface area contributed by atoms with Crippen molar-refractivity contribution in [3.8, 4) is 0 Å². The molecule has 0 aliphatic heterocycles. The minimum Gasteiger partial charge on any atom is -0.321 e. The van der Waals surface area contributed by atoms with E-state index >= 15 is 0 Å². The molecular weight excluding hydrogens is 169 g/mol. The number of hydrogen-bond acceptors (Lipinski definition) is 2. The largest absolute Gasteiger partial charge is 0.321 e. The van der Waals surface area contributed by atoms with Gasteiger partial charge in [-0.25, -0.2) is 8.78 Å². The van der Waals surface area contributed by atoms with Gasteiger partial charge in [0.2, 0.25) is 0 Å². The van der Waals surface area contributed by atoms with Gasteiger partial charge in [0, 0.05) is 0 Å². The predicted molar refractivity (Wildman–Crippen MR) is 34.6 cm³/mol. The fourth-order valence-electron chi connectivity index (χ4n) is 0.173. The molecule has 56 valence electrons. The minimum absolute atomic E-state index is 0.774. The molecule has 0 aromatic heterocycles. The fraction of sp³-hybridized carbons (Fsp3) is 1.00. The van der Waals surface area contributed by atoms with Gasteiger partial charge in [-0.15, -0.1) is 0 Å². The van der Waals surface area contributed by atoms with E-state index in [9.17, 15) is 8.78 Å². The quantitative estimate of drug-likeness (QED) is 0.611. The standard InChI is InChI=1S/C2H7F2N2OPS/c3-2(4)1-7-8(5,6)9/h2H,1H2,(H4,5,6,9). The van der Waals surface area contributed by atoms with Crippen molar-refractivity contribution < 1.29 is 13.3 Å². The molecule has 7 heteroatoms. The van der Waals surface area contributed by atoms with Crippen LogP contribution < -0.4 is 11.0 Å². The van der Waals surface area contributed by atoms with Crippen LogP contribution in [0.15, 0.2) is 0 Å². The Morgan fingerprint density at radius 1 is 1.56 bits per heavy atom. The summed E-state index contributed by atoms with van der Waals surface area (Å²) in [5, 5.41) is 0. The van der Waals surface area contributed by atoms with Gasteiger partial charge in [0.05, 0.1) is 0 Å². The molecule has 0 aromatic rings. The van der Waals surface area contributed by atoms with Crippen LogP contribution in [-0.4, -0.2) is 13.0 Å². The number of rotatable bonds is 3. The Kier molecular flexibility index (Phi) is 3.68.